The second-order valence-corrected chi connectivity index (χ2v) is 4.34. The van der Waals surface area contributed by atoms with Gasteiger partial charge in [-0.15, -0.1) is 12.3 Å². The van der Waals surface area contributed by atoms with E-state index in [9.17, 15) is 0 Å². The quantitative estimate of drug-likeness (QED) is 0.660. The average molecular weight is 277 g/mol. The SMILES string of the molecule is C#CCCCCNc1cc(Br)cc(C#N)c1. The number of terminal acetylenes is 1. The van der Waals surface area contributed by atoms with Gasteiger partial charge >= 0.3 is 0 Å². The monoisotopic (exact) mass is 276 g/mol. The molecule has 1 rings (SSSR count). The highest BCUT2D eigenvalue weighted by Gasteiger charge is 1.98. The van der Waals surface area contributed by atoms with Crippen LogP contribution in [0.25, 0.3) is 0 Å². The zero-order valence-corrected chi connectivity index (χ0v) is 10.5. The molecule has 0 saturated carbocycles. The van der Waals surface area contributed by atoms with Crippen LogP contribution in [-0.4, -0.2) is 6.54 Å². The Bertz CT molecular complexity index is 427. The first-order valence-electron chi connectivity index (χ1n) is 5.14. The number of unbranched alkanes of at least 4 members (excludes halogenated alkanes) is 2. The van der Waals surface area contributed by atoms with Crippen LogP contribution in [0.5, 0.6) is 0 Å². The third-order valence-electron chi connectivity index (χ3n) is 2.10. The summed E-state index contributed by atoms with van der Waals surface area (Å²) in [4.78, 5) is 0. The molecular formula is C13H13BrN2. The molecule has 0 spiro atoms. The van der Waals surface area contributed by atoms with Crippen molar-refractivity contribution in [2.45, 2.75) is 19.3 Å². The minimum atomic E-state index is 0.653. The van der Waals surface area contributed by atoms with Gasteiger partial charge in [0.05, 0.1) is 11.6 Å². The zero-order valence-electron chi connectivity index (χ0n) is 8.96. The maximum Gasteiger partial charge on any atom is 0.0992 e. The van der Waals surface area contributed by atoms with E-state index in [1.54, 1.807) is 6.07 Å². The second kappa shape index (κ2) is 6.93. The maximum atomic E-state index is 8.81. The molecule has 3 heteroatoms. The molecule has 0 atom stereocenters. The molecule has 0 aliphatic rings. The summed E-state index contributed by atoms with van der Waals surface area (Å²) in [6.45, 7) is 0.878. The molecule has 0 amide bonds. The Morgan fingerprint density at radius 3 is 2.81 bits per heavy atom. The van der Waals surface area contributed by atoms with Crippen LogP contribution in [0.3, 0.4) is 0 Å². The van der Waals surface area contributed by atoms with Crippen LogP contribution in [0.2, 0.25) is 0 Å². The summed E-state index contributed by atoms with van der Waals surface area (Å²) in [5.74, 6) is 2.62. The van der Waals surface area contributed by atoms with E-state index < -0.39 is 0 Å². The van der Waals surface area contributed by atoms with Crippen LogP contribution in [-0.2, 0) is 0 Å². The fraction of sp³-hybridized carbons (Fsp3) is 0.308. The first-order valence-corrected chi connectivity index (χ1v) is 5.93. The van der Waals surface area contributed by atoms with E-state index in [1.807, 2.05) is 12.1 Å². The van der Waals surface area contributed by atoms with E-state index in [1.165, 1.54) is 0 Å². The van der Waals surface area contributed by atoms with Crippen LogP contribution in [0.4, 0.5) is 5.69 Å². The maximum absolute atomic E-state index is 8.81. The largest absolute Gasteiger partial charge is 0.385 e. The highest BCUT2D eigenvalue weighted by atomic mass is 79.9. The van der Waals surface area contributed by atoms with E-state index in [0.717, 1.165) is 36.0 Å². The lowest BCUT2D eigenvalue weighted by atomic mass is 10.2. The van der Waals surface area contributed by atoms with E-state index in [4.69, 9.17) is 11.7 Å². The van der Waals surface area contributed by atoms with E-state index in [0.29, 0.717) is 5.56 Å². The van der Waals surface area contributed by atoms with Crippen molar-refractivity contribution in [1.82, 2.24) is 0 Å². The summed E-state index contributed by atoms with van der Waals surface area (Å²) in [5.41, 5.74) is 1.62. The van der Waals surface area contributed by atoms with Crippen molar-refractivity contribution in [2.24, 2.45) is 0 Å². The van der Waals surface area contributed by atoms with Crippen molar-refractivity contribution in [2.75, 3.05) is 11.9 Å². The predicted octanol–water partition coefficient (Wildman–Crippen LogP) is 3.54. The molecule has 0 unspecified atom stereocenters. The van der Waals surface area contributed by atoms with Crippen molar-refractivity contribution in [3.8, 4) is 18.4 Å². The van der Waals surface area contributed by atoms with Gasteiger partial charge in [0.1, 0.15) is 0 Å². The summed E-state index contributed by atoms with van der Waals surface area (Å²) in [7, 11) is 0. The number of hydrogen-bond acceptors (Lipinski definition) is 2. The van der Waals surface area contributed by atoms with Gasteiger partial charge in [-0.1, -0.05) is 15.9 Å². The molecule has 1 aromatic carbocycles. The number of benzene rings is 1. The van der Waals surface area contributed by atoms with Crippen molar-refractivity contribution >= 4 is 21.6 Å². The molecule has 0 aliphatic heterocycles. The minimum absolute atomic E-state index is 0.653. The molecule has 0 radical (unpaired) electrons. The van der Waals surface area contributed by atoms with Gasteiger partial charge in [0.15, 0.2) is 0 Å². The lowest BCUT2D eigenvalue weighted by molar-refractivity contribution is 0.789. The van der Waals surface area contributed by atoms with Crippen molar-refractivity contribution in [3.63, 3.8) is 0 Å². The number of nitriles is 1. The number of nitrogens with one attached hydrogen (secondary N) is 1. The van der Waals surface area contributed by atoms with Crippen molar-refractivity contribution in [3.05, 3.63) is 28.2 Å². The molecule has 0 aliphatic carbocycles. The molecule has 1 aromatic rings. The molecular weight excluding hydrogens is 264 g/mol. The van der Waals surface area contributed by atoms with Gasteiger partial charge < -0.3 is 5.32 Å². The smallest absolute Gasteiger partial charge is 0.0992 e. The fourth-order valence-electron chi connectivity index (χ4n) is 1.34. The fourth-order valence-corrected chi connectivity index (χ4v) is 1.83. The summed E-state index contributed by atoms with van der Waals surface area (Å²) in [6.07, 6.45) is 8.06. The lowest BCUT2D eigenvalue weighted by Crippen LogP contribution is -2.01. The standard InChI is InChI=1S/C13H13BrN2/c1-2-3-4-5-6-16-13-8-11(10-15)7-12(14)9-13/h1,7-9,16H,3-6H2. The Kier molecular flexibility index (Phi) is 5.46. The van der Waals surface area contributed by atoms with E-state index in [2.05, 4.69) is 33.2 Å². The Morgan fingerprint density at radius 2 is 2.12 bits per heavy atom. The molecule has 82 valence electrons. The van der Waals surface area contributed by atoms with Crippen LogP contribution in [0.15, 0.2) is 22.7 Å². The van der Waals surface area contributed by atoms with E-state index in [-0.39, 0.29) is 0 Å². The van der Waals surface area contributed by atoms with Crippen LogP contribution in [0.1, 0.15) is 24.8 Å². The molecule has 0 fully saturated rings. The van der Waals surface area contributed by atoms with Gasteiger partial charge in [-0.25, -0.2) is 0 Å². The van der Waals surface area contributed by atoms with Gasteiger partial charge in [-0.2, -0.15) is 5.26 Å². The normalized spacial score (nSPS) is 9.19. The van der Waals surface area contributed by atoms with Crippen LogP contribution >= 0.6 is 15.9 Å². The Labute approximate surface area is 105 Å². The molecule has 0 aromatic heterocycles. The number of nitrogens with zero attached hydrogens (tertiary/aromatic N) is 1. The number of anilines is 1. The van der Waals surface area contributed by atoms with Gasteiger partial charge in [-0.3, -0.25) is 0 Å². The Hall–Kier alpha value is -1.45. The van der Waals surface area contributed by atoms with Gasteiger partial charge in [-0.05, 0) is 31.0 Å². The van der Waals surface area contributed by atoms with Gasteiger partial charge in [0, 0.05) is 23.1 Å². The average Bonchev–Trinajstić information content (AvgIpc) is 2.28. The van der Waals surface area contributed by atoms with Crippen LogP contribution in [0, 0.1) is 23.7 Å². The Morgan fingerprint density at radius 1 is 1.31 bits per heavy atom. The van der Waals surface area contributed by atoms with Crippen LogP contribution < -0.4 is 5.32 Å². The summed E-state index contributed by atoms with van der Waals surface area (Å²) >= 11 is 3.37. The number of halogens is 1. The lowest BCUT2D eigenvalue weighted by Gasteiger charge is -2.06. The molecule has 0 heterocycles. The number of rotatable bonds is 5. The highest BCUT2D eigenvalue weighted by molar-refractivity contribution is 9.10. The Balaban J connectivity index is 2.45. The highest BCUT2D eigenvalue weighted by Crippen LogP contribution is 2.19. The first kappa shape index (κ1) is 12.6. The molecule has 2 nitrogen and oxygen atoms in total. The van der Waals surface area contributed by atoms with Crippen molar-refractivity contribution < 1.29 is 0 Å². The van der Waals surface area contributed by atoms with Crippen molar-refractivity contribution in [1.29, 1.82) is 5.26 Å². The molecule has 1 N–H and O–H groups in total. The summed E-state index contributed by atoms with van der Waals surface area (Å²) < 4.78 is 0.915. The topological polar surface area (TPSA) is 35.8 Å². The predicted molar refractivity (Wildman–Crippen MR) is 70.0 cm³/mol. The zero-order chi connectivity index (χ0) is 11.8. The molecule has 0 saturated heterocycles. The molecule has 0 bridgehead atoms. The first-order chi connectivity index (χ1) is 7.76. The summed E-state index contributed by atoms with van der Waals surface area (Å²) in [5, 5.41) is 12.1. The third kappa shape index (κ3) is 4.38. The third-order valence-corrected chi connectivity index (χ3v) is 2.56. The van der Waals surface area contributed by atoms with Gasteiger partial charge in [0.2, 0.25) is 0 Å². The second-order valence-electron chi connectivity index (χ2n) is 3.43. The van der Waals surface area contributed by atoms with Gasteiger partial charge in [0.25, 0.3) is 0 Å². The summed E-state index contributed by atoms with van der Waals surface area (Å²) in [6, 6.07) is 7.72. The van der Waals surface area contributed by atoms with E-state index >= 15 is 0 Å². The number of hydrogen-bond donors (Lipinski definition) is 1. The molecule has 16 heavy (non-hydrogen) atoms. The minimum Gasteiger partial charge on any atom is -0.385 e.